The van der Waals surface area contributed by atoms with Crippen LogP contribution in [0, 0.1) is 0 Å². The average Bonchev–Trinajstić information content (AvgIpc) is 2.17. The van der Waals surface area contributed by atoms with Gasteiger partial charge in [0.05, 0.1) is 5.60 Å². The van der Waals surface area contributed by atoms with Crippen molar-refractivity contribution in [3.8, 4) is 0 Å². The molecule has 1 saturated carbocycles. The van der Waals surface area contributed by atoms with E-state index in [2.05, 4.69) is 5.32 Å². The lowest BCUT2D eigenvalue weighted by molar-refractivity contribution is -0.0601. The zero-order chi connectivity index (χ0) is 10.7. The normalized spacial score (nSPS) is 18.2. The van der Waals surface area contributed by atoms with Gasteiger partial charge in [0.2, 0.25) is 0 Å². The minimum Gasteiger partial charge on any atom is -0.399 e. The Bertz CT molecular complexity index is 329. The second-order valence-corrected chi connectivity index (χ2v) is 4.22. The summed E-state index contributed by atoms with van der Waals surface area (Å²) in [5, 5.41) is 3.37. The van der Waals surface area contributed by atoms with Crippen molar-refractivity contribution in [3.63, 3.8) is 0 Å². The molecule has 1 fully saturated rings. The second-order valence-electron chi connectivity index (χ2n) is 4.22. The van der Waals surface area contributed by atoms with Crippen molar-refractivity contribution in [3.05, 3.63) is 24.3 Å². The molecule has 1 aromatic rings. The van der Waals surface area contributed by atoms with Crippen molar-refractivity contribution in [1.29, 1.82) is 0 Å². The van der Waals surface area contributed by atoms with Crippen LogP contribution in [0.1, 0.15) is 19.3 Å². The smallest absolute Gasteiger partial charge is 0.0850 e. The first kappa shape index (κ1) is 10.3. The van der Waals surface area contributed by atoms with Gasteiger partial charge < -0.3 is 15.8 Å². The van der Waals surface area contributed by atoms with Gasteiger partial charge >= 0.3 is 0 Å². The Balaban J connectivity index is 1.92. The predicted octanol–water partition coefficient (Wildman–Crippen LogP) is 2.25. The van der Waals surface area contributed by atoms with E-state index in [-0.39, 0.29) is 5.60 Å². The fraction of sp³-hybridized carbons (Fsp3) is 0.500. The highest BCUT2D eigenvalue weighted by Gasteiger charge is 2.36. The van der Waals surface area contributed by atoms with Gasteiger partial charge in [0.15, 0.2) is 0 Å². The van der Waals surface area contributed by atoms with Crippen molar-refractivity contribution in [2.45, 2.75) is 24.9 Å². The van der Waals surface area contributed by atoms with Gasteiger partial charge in [0.25, 0.3) is 0 Å². The molecule has 0 unspecified atom stereocenters. The van der Waals surface area contributed by atoms with Gasteiger partial charge in [0, 0.05) is 25.0 Å². The molecule has 15 heavy (non-hydrogen) atoms. The highest BCUT2D eigenvalue weighted by atomic mass is 16.5. The number of rotatable bonds is 4. The number of nitrogen functional groups attached to an aromatic ring is 1. The van der Waals surface area contributed by atoms with Crippen LogP contribution in [0.2, 0.25) is 0 Å². The minimum atomic E-state index is 0.0601. The molecule has 1 aliphatic carbocycles. The predicted molar refractivity (Wildman–Crippen MR) is 62.9 cm³/mol. The van der Waals surface area contributed by atoms with Crippen molar-refractivity contribution >= 4 is 11.4 Å². The van der Waals surface area contributed by atoms with Gasteiger partial charge in [-0.05, 0) is 37.5 Å². The molecule has 0 bridgehead atoms. The molecule has 0 radical (unpaired) electrons. The molecule has 1 aliphatic rings. The Hall–Kier alpha value is -1.22. The van der Waals surface area contributed by atoms with Gasteiger partial charge in [-0.1, -0.05) is 6.07 Å². The lowest BCUT2D eigenvalue weighted by atomic mass is 9.80. The third-order valence-electron chi connectivity index (χ3n) is 3.20. The molecule has 3 heteroatoms. The molecule has 0 saturated heterocycles. The Morgan fingerprint density at radius 2 is 2.27 bits per heavy atom. The lowest BCUT2D eigenvalue weighted by Crippen LogP contribution is -2.45. The van der Waals surface area contributed by atoms with Crippen LogP contribution in [0.3, 0.4) is 0 Å². The van der Waals surface area contributed by atoms with Crippen molar-refractivity contribution in [2.24, 2.45) is 0 Å². The SMILES string of the molecule is COC1(CNc2cccc(N)c2)CCC1. The molecule has 3 N–H and O–H groups in total. The quantitative estimate of drug-likeness (QED) is 0.743. The Morgan fingerprint density at radius 1 is 1.47 bits per heavy atom. The van der Waals surface area contributed by atoms with E-state index < -0.39 is 0 Å². The number of ether oxygens (including phenoxy) is 1. The number of methoxy groups -OCH3 is 1. The maximum atomic E-state index is 5.71. The van der Waals surface area contributed by atoms with Crippen LogP contribution in [0.15, 0.2) is 24.3 Å². The van der Waals surface area contributed by atoms with E-state index in [1.165, 1.54) is 6.42 Å². The van der Waals surface area contributed by atoms with Crippen LogP contribution in [-0.2, 0) is 4.74 Å². The Labute approximate surface area is 90.6 Å². The summed E-state index contributed by atoms with van der Waals surface area (Å²) in [7, 11) is 1.79. The maximum absolute atomic E-state index is 5.71. The average molecular weight is 206 g/mol. The largest absolute Gasteiger partial charge is 0.399 e. The fourth-order valence-corrected chi connectivity index (χ4v) is 1.94. The topological polar surface area (TPSA) is 47.3 Å². The van der Waals surface area contributed by atoms with Crippen molar-refractivity contribution < 1.29 is 4.74 Å². The van der Waals surface area contributed by atoms with Gasteiger partial charge in [-0.3, -0.25) is 0 Å². The number of nitrogens with two attached hydrogens (primary N) is 1. The maximum Gasteiger partial charge on any atom is 0.0850 e. The van der Waals surface area contributed by atoms with Crippen molar-refractivity contribution in [2.75, 3.05) is 24.7 Å². The summed E-state index contributed by atoms with van der Waals surface area (Å²) in [6.45, 7) is 0.868. The number of benzene rings is 1. The van der Waals surface area contributed by atoms with E-state index in [0.717, 1.165) is 30.8 Å². The van der Waals surface area contributed by atoms with Gasteiger partial charge in [-0.15, -0.1) is 0 Å². The Kier molecular flexibility index (Phi) is 2.82. The van der Waals surface area contributed by atoms with E-state index in [1.807, 2.05) is 24.3 Å². The molecule has 0 aliphatic heterocycles. The summed E-state index contributed by atoms with van der Waals surface area (Å²) in [6.07, 6.45) is 3.57. The number of hydrogen-bond donors (Lipinski definition) is 2. The van der Waals surface area contributed by atoms with Crippen LogP contribution in [0.5, 0.6) is 0 Å². The first-order chi connectivity index (χ1) is 7.24. The standard InChI is InChI=1S/C12H18N2O/c1-15-12(6-3-7-12)9-14-11-5-2-4-10(13)8-11/h2,4-5,8,14H,3,6-7,9,13H2,1H3. The highest BCUT2D eigenvalue weighted by molar-refractivity contribution is 5.54. The molecule has 3 nitrogen and oxygen atoms in total. The van der Waals surface area contributed by atoms with E-state index >= 15 is 0 Å². The highest BCUT2D eigenvalue weighted by Crippen LogP contribution is 2.35. The molecule has 0 atom stereocenters. The first-order valence-corrected chi connectivity index (χ1v) is 5.39. The summed E-state index contributed by atoms with van der Waals surface area (Å²) < 4.78 is 5.53. The monoisotopic (exact) mass is 206 g/mol. The zero-order valence-corrected chi connectivity index (χ0v) is 9.12. The summed E-state index contributed by atoms with van der Waals surface area (Å²) in [5.74, 6) is 0. The molecular formula is C12H18N2O. The Morgan fingerprint density at radius 3 is 2.80 bits per heavy atom. The third kappa shape index (κ3) is 2.23. The van der Waals surface area contributed by atoms with Gasteiger partial charge in [0.1, 0.15) is 0 Å². The minimum absolute atomic E-state index is 0.0601. The molecule has 0 amide bonds. The van der Waals surface area contributed by atoms with Crippen LogP contribution >= 0.6 is 0 Å². The van der Waals surface area contributed by atoms with Crippen LogP contribution in [0.4, 0.5) is 11.4 Å². The number of nitrogens with one attached hydrogen (secondary N) is 1. The second kappa shape index (κ2) is 4.11. The zero-order valence-electron chi connectivity index (χ0n) is 9.12. The van der Waals surface area contributed by atoms with E-state index in [0.29, 0.717) is 0 Å². The third-order valence-corrected chi connectivity index (χ3v) is 3.20. The van der Waals surface area contributed by atoms with Crippen LogP contribution in [-0.4, -0.2) is 19.3 Å². The van der Waals surface area contributed by atoms with E-state index in [4.69, 9.17) is 10.5 Å². The molecule has 2 rings (SSSR count). The van der Waals surface area contributed by atoms with Crippen molar-refractivity contribution in [1.82, 2.24) is 0 Å². The molecule has 1 aromatic carbocycles. The molecule has 0 heterocycles. The fourth-order valence-electron chi connectivity index (χ4n) is 1.94. The van der Waals surface area contributed by atoms with E-state index in [9.17, 15) is 0 Å². The van der Waals surface area contributed by atoms with Gasteiger partial charge in [-0.2, -0.15) is 0 Å². The number of anilines is 2. The van der Waals surface area contributed by atoms with Crippen LogP contribution < -0.4 is 11.1 Å². The van der Waals surface area contributed by atoms with E-state index in [1.54, 1.807) is 7.11 Å². The van der Waals surface area contributed by atoms with Crippen LogP contribution in [0.25, 0.3) is 0 Å². The summed E-state index contributed by atoms with van der Waals surface area (Å²) in [5.41, 5.74) is 7.63. The molecule has 0 spiro atoms. The first-order valence-electron chi connectivity index (χ1n) is 5.39. The lowest BCUT2D eigenvalue weighted by Gasteiger charge is -2.40. The molecule has 0 aromatic heterocycles. The summed E-state index contributed by atoms with van der Waals surface area (Å²) in [6, 6.07) is 7.82. The van der Waals surface area contributed by atoms with Gasteiger partial charge in [-0.25, -0.2) is 0 Å². The molecule has 82 valence electrons. The summed E-state index contributed by atoms with van der Waals surface area (Å²) in [4.78, 5) is 0. The molecular weight excluding hydrogens is 188 g/mol. The number of hydrogen-bond acceptors (Lipinski definition) is 3. The summed E-state index contributed by atoms with van der Waals surface area (Å²) >= 11 is 0.